The maximum Gasteiger partial charge on any atom is 0.256 e. The van der Waals surface area contributed by atoms with Crippen LogP contribution in [0.3, 0.4) is 0 Å². The molecule has 0 unspecified atom stereocenters. The zero-order valence-electron chi connectivity index (χ0n) is 10.1. The summed E-state index contributed by atoms with van der Waals surface area (Å²) in [6.45, 7) is 1.85. The minimum atomic E-state index is -0.292. The lowest BCUT2D eigenvalue weighted by Crippen LogP contribution is -2.13. The fraction of sp³-hybridized carbons (Fsp3) is 0.0714. The average molecular weight is 312 g/mol. The van der Waals surface area contributed by atoms with Gasteiger partial charge in [-0.3, -0.25) is 4.79 Å². The van der Waals surface area contributed by atoms with Gasteiger partial charge in [0, 0.05) is 4.90 Å². The van der Waals surface area contributed by atoms with E-state index in [0.717, 1.165) is 5.56 Å². The molecule has 1 N–H and O–H groups in total. The zero-order valence-corrected chi connectivity index (χ0v) is 12.5. The van der Waals surface area contributed by atoms with Gasteiger partial charge in [0.2, 0.25) is 0 Å². The summed E-state index contributed by atoms with van der Waals surface area (Å²) in [6.07, 6.45) is 0. The largest absolute Gasteiger partial charge is 0.319 e. The number of hydrogen-bond donors (Lipinski definition) is 2. The van der Waals surface area contributed by atoms with Crippen LogP contribution in [0.2, 0.25) is 10.0 Å². The molecule has 0 aliphatic rings. The molecule has 0 saturated heterocycles. The van der Waals surface area contributed by atoms with Gasteiger partial charge in [0.15, 0.2) is 0 Å². The van der Waals surface area contributed by atoms with Crippen molar-refractivity contribution in [2.45, 2.75) is 11.8 Å². The second-order valence-corrected chi connectivity index (χ2v) is 5.29. The number of amides is 1. The molecule has 0 aromatic heterocycles. The monoisotopic (exact) mass is 311 g/mol. The van der Waals surface area contributed by atoms with Crippen molar-refractivity contribution in [2.75, 3.05) is 5.32 Å². The highest BCUT2D eigenvalue weighted by molar-refractivity contribution is 7.80. The van der Waals surface area contributed by atoms with Crippen molar-refractivity contribution in [3.05, 3.63) is 57.6 Å². The highest BCUT2D eigenvalue weighted by Crippen LogP contribution is 2.33. The van der Waals surface area contributed by atoms with E-state index in [1.165, 1.54) is 0 Å². The van der Waals surface area contributed by atoms with Gasteiger partial charge >= 0.3 is 0 Å². The first kappa shape index (κ1) is 14.3. The second-order valence-electron chi connectivity index (χ2n) is 4.02. The van der Waals surface area contributed by atoms with Gasteiger partial charge in [-0.1, -0.05) is 41.4 Å². The highest BCUT2D eigenvalue weighted by atomic mass is 35.5. The van der Waals surface area contributed by atoms with Crippen LogP contribution in [-0.4, -0.2) is 5.91 Å². The van der Waals surface area contributed by atoms with Crippen LogP contribution >= 0.6 is 35.8 Å². The Morgan fingerprint density at radius 3 is 2.53 bits per heavy atom. The van der Waals surface area contributed by atoms with E-state index in [1.807, 2.05) is 13.0 Å². The average Bonchev–Trinajstić information content (AvgIpc) is 2.39. The summed E-state index contributed by atoms with van der Waals surface area (Å²) < 4.78 is 0. The summed E-state index contributed by atoms with van der Waals surface area (Å²) in [7, 11) is 0. The smallest absolute Gasteiger partial charge is 0.256 e. The molecule has 0 radical (unpaired) electrons. The minimum Gasteiger partial charge on any atom is -0.319 e. The predicted octanol–water partition coefficient (Wildman–Crippen LogP) is 4.84. The summed E-state index contributed by atoms with van der Waals surface area (Å²) in [4.78, 5) is 12.8. The van der Waals surface area contributed by atoms with Crippen LogP contribution in [0.1, 0.15) is 15.9 Å². The lowest BCUT2D eigenvalue weighted by atomic mass is 10.2. The Morgan fingerprint density at radius 2 is 1.84 bits per heavy atom. The van der Waals surface area contributed by atoms with Gasteiger partial charge < -0.3 is 5.32 Å². The molecule has 0 heterocycles. The van der Waals surface area contributed by atoms with Gasteiger partial charge in [-0.2, -0.15) is 0 Å². The number of benzene rings is 2. The van der Waals surface area contributed by atoms with E-state index in [2.05, 4.69) is 17.9 Å². The Bertz CT molecular complexity index is 643. The highest BCUT2D eigenvalue weighted by Gasteiger charge is 2.14. The van der Waals surface area contributed by atoms with Crippen LogP contribution in [0, 0.1) is 6.92 Å². The van der Waals surface area contributed by atoms with Crippen molar-refractivity contribution in [3.63, 3.8) is 0 Å². The van der Waals surface area contributed by atoms with E-state index in [9.17, 15) is 4.79 Å². The van der Waals surface area contributed by atoms with Crippen molar-refractivity contribution < 1.29 is 4.79 Å². The van der Waals surface area contributed by atoms with E-state index < -0.39 is 0 Å². The number of carbonyl (C=O) groups excluding carboxylic acids is 1. The number of hydrogen-bond acceptors (Lipinski definition) is 2. The van der Waals surface area contributed by atoms with Crippen molar-refractivity contribution >= 4 is 47.4 Å². The first-order valence-corrected chi connectivity index (χ1v) is 6.75. The van der Waals surface area contributed by atoms with Gasteiger partial charge in [0.05, 0.1) is 21.3 Å². The molecule has 0 saturated carbocycles. The molecule has 98 valence electrons. The first-order chi connectivity index (χ1) is 9.00. The van der Waals surface area contributed by atoms with Crippen LogP contribution in [0.4, 0.5) is 5.69 Å². The van der Waals surface area contributed by atoms with Crippen molar-refractivity contribution in [3.8, 4) is 0 Å². The molecule has 2 rings (SSSR count). The number of thiol groups is 1. The quantitative estimate of drug-likeness (QED) is 0.763. The Morgan fingerprint density at radius 1 is 1.16 bits per heavy atom. The maximum atomic E-state index is 12.2. The third-order valence-corrected chi connectivity index (χ3v) is 3.86. The predicted molar refractivity (Wildman–Crippen MR) is 82.8 cm³/mol. The van der Waals surface area contributed by atoms with E-state index >= 15 is 0 Å². The SMILES string of the molecule is Cc1ccc(Cl)c(NC(=O)c2ccccc2S)c1Cl. The van der Waals surface area contributed by atoms with E-state index in [1.54, 1.807) is 30.3 Å². The summed E-state index contributed by atoms with van der Waals surface area (Å²) in [5, 5.41) is 3.57. The zero-order chi connectivity index (χ0) is 14.0. The molecule has 0 spiro atoms. The van der Waals surface area contributed by atoms with Gasteiger partial charge in [-0.25, -0.2) is 0 Å². The molecule has 1 amide bonds. The number of nitrogens with one attached hydrogen (secondary N) is 1. The van der Waals surface area contributed by atoms with Crippen molar-refractivity contribution in [2.24, 2.45) is 0 Å². The van der Waals surface area contributed by atoms with E-state index in [4.69, 9.17) is 23.2 Å². The van der Waals surface area contributed by atoms with Crippen LogP contribution in [0.15, 0.2) is 41.3 Å². The number of aryl methyl sites for hydroxylation is 1. The molecule has 0 aliphatic heterocycles. The maximum absolute atomic E-state index is 12.2. The Hall–Kier alpha value is -1.16. The fourth-order valence-electron chi connectivity index (χ4n) is 1.62. The second kappa shape index (κ2) is 5.87. The van der Waals surface area contributed by atoms with Gasteiger partial charge in [0.25, 0.3) is 5.91 Å². The molecule has 0 fully saturated rings. The lowest BCUT2D eigenvalue weighted by molar-refractivity contribution is 0.102. The number of carbonyl (C=O) groups is 1. The van der Waals surface area contributed by atoms with Crippen LogP contribution in [0.5, 0.6) is 0 Å². The Balaban J connectivity index is 2.35. The molecule has 0 aliphatic carbocycles. The van der Waals surface area contributed by atoms with Crippen molar-refractivity contribution in [1.29, 1.82) is 0 Å². The van der Waals surface area contributed by atoms with Gasteiger partial charge in [-0.15, -0.1) is 12.6 Å². The van der Waals surface area contributed by atoms with Crippen LogP contribution in [0.25, 0.3) is 0 Å². The molecular formula is C14H11Cl2NOS. The first-order valence-electron chi connectivity index (χ1n) is 5.54. The number of anilines is 1. The number of rotatable bonds is 2. The Kier molecular flexibility index (Phi) is 4.40. The number of halogens is 2. The standard InChI is InChI=1S/C14H11Cl2NOS/c1-8-6-7-10(15)13(12(8)16)17-14(18)9-4-2-3-5-11(9)19/h2-7,19H,1H3,(H,17,18). The molecule has 2 nitrogen and oxygen atoms in total. The molecule has 2 aromatic carbocycles. The van der Waals surface area contributed by atoms with Crippen LogP contribution in [-0.2, 0) is 0 Å². The van der Waals surface area contributed by atoms with E-state index in [0.29, 0.717) is 26.2 Å². The topological polar surface area (TPSA) is 29.1 Å². The third kappa shape index (κ3) is 3.06. The van der Waals surface area contributed by atoms with Crippen molar-refractivity contribution in [1.82, 2.24) is 0 Å². The molecule has 2 aromatic rings. The van der Waals surface area contributed by atoms with Gasteiger partial charge in [0.1, 0.15) is 0 Å². The summed E-state index contributed by atoms with van der Waals surface area (Å²) in [5.41, 5.74) is 1.74. The van der Waals surface area contributed by atoms with Gasteiger partial charge in [-0.05, 0) is 30.7 Å². The normalized spacial score (nSPS) is 10.3. The molecule has 5 heteroatoms. The van der Waals surface area contributed by atoms with Crippen LogP contribution < -0.4 is 5.32 Å². The Labute approximate surface area is 127 Å². The molecule has 19 heavy (non-hydrogen) atoms. The molecular weight excluding hydrogens is 301 g/mol. The van der Waals surface area contributed by atoms with E-state index in [-0.39, 0.29) is 5.91 Å². The minimum absolute atomic E-state index is 0.292. The summed E-state index contributed by atoms with van der Waals surface area (Å²) in [5.74, 6) is -0.292. The fourth-order valence-corrected chi connectivity index (χ4v) is 2.35. The lowest BCUT2D eigenvalue weighted by Gasteiger charge is -2.12. The summed E-state index contributed by atoms with van der Waals surface area (Å²) >= 11 is 16.5. The molecule has 0 bridgehead atoms. The summed E-state index contributed by atoms with van der Waals surface area (Å²) in [6, 6.07) is 10.5. The molecule has 0 atom stereocenters. The third-order valence-electron chi connectivity index (χ3n) is 2.67.